The maximum Gasteiger partial charge on any atom is 0.315 e. The summed E-state index contributed by atoms with van der Waals surface area (Å²) in [5.41, 5.74) is 0.820. The monoisotopic (exact) mass is 349 g/mol. The van der Waals surface area contributed by atoms with Crippen LogP contribution in [0.1, 0.15) is 20.3 Å². The highest BCUT2D eigenvalue weighted by atomic mass is 16.5. The minimum Gasteiger partial charge on any atom is -0.497 e. The number of likely N-dealkylation sites (N-methyl/N-ethyl adjacent to an activating group) is 1. The number of ether oxygens (including phenoxy) is 1. The summed E-state index contributed by atoms with van der Waals surface area (Å²) in [5.74, 6) is 0.767. The van der Waals surface area contributed by atoms with Gasteiger partial charge in [0, 0.05) is 18.7 Å². The summed E-state index contributed by atoms with van der Waals surface area (Å²) in [7, 11) is 1.61. The molecule has 7 heteroatoms. The van der Waals surface area contributed by atoms with Crippen molar-refractivity contribution in [1.82, 2.24) is 10.6 Å². The lowest BCUT2D eigenvalue weighted by Crippen LogP contribution is -3.12. The molecule has 0 unspecified atom stereocenters. The molecule has 0 bridgehead atoms. The van der Waals surface area contributed by atoms with Gasteiger partial charge in [-0.3, -0.25) is 4.79 Å². The normalized spacial score (nSPS) is 17.0. The van der Waals surface area contributed by atoms with E-state index in [-0.39, 0.29) is 18.0 Å². The quantitative estimate of drug-likeness (QED) is 0.620. The first-order valence-electron chi connectivity index (χ1n) is 8.89. The van der Waals surface area contributed by atoms with E-state index in [9.17, 15) is 9.59 Å². The number of quaternary nitrogens is 1. The lowest BCUT2D eigenvalue weighted by atomic mass is 10.2. The Bertz CT molecular complexity index is 572. The number of nitrogens with zero attached hydrogens (tertiary/aromatic N) is 1. The minimum atomic E-state index is -0.207. The number of hydrogen-bond acceptors (Lipinski definition) is 3. The molecule has 1 aromatic rings. The van der Waals surface area contributed by atoms with E-state index in [4.69, 9.17) is 4.74 Å². The molecule has 2 rings (SSSR count). The molecule has 0 spiro atoms. The molecule has 7 nitrogen and oxygen atoms in total. The highest BCUT2D eigenvalue weighted by Crippen LogP contribution is 2.24. The summed E-state index contributed by atoms with van der Waals surface area (Å²) < 4.78 is 5.13. The number of carbonyl (C=O) groups is 2. The zero-order valence-electron chi connectivity index (χ0n) is 15.3. The summed E-state index contributed by atoms with van der Waals surface area (Å²) in [5, 5.41) is 5.77. The first-order valence-corrected chi connectivity index (χ1v) is 8.89. The van der Waals surface area contributed by atoms with Crippen LogP contribution in [0.5, 0.6) is 5.75 Å². The smallest absolute Gasteiger partial charge is 0.315 e. The van der Waals surface area contributed by atoms with Crippen molar-refractivity contribution in [3.8, 4) is 5.75 Å². The van der Waals surface area contributed by atoms with Crippen molar-refractivity contribution in [2.45, 2.75) is 26.3 Å². The predicted molar refractivity (Wildman–Crippen MR) is 97.2 cm³/mol. The van der Waals surface area contributed by atoms with Gasteiger partial charge in [-0.1, -0.05) is 0 Å². The second kappa shape index (κ2) is 9.27. The van der Waals surface area contributed by atoms with Gasteiger partial charge in [-0.2, -0.15) is 0 Å². The molecule has 0 radical (unpaired) electrons. The molecule has 138 valence electrons. The fourth-order valence-corrected chi connectivity index (χ4v) is 3.01. The number of methoxy groups -OCH3 is 1. The van der Waals surface area contributed by atoms with Crippen molar-refractivity contribution in [3.05, 3.63) is 24.3 Å². The van der Waals surface area contributed by atoms with Crippen LogP contribution in [0.15, 0.2) is 24.3 Å². The van der Waals surface area contributed by atoms with E-state index in [1.54, 1.807) is 12.0 Å². The first-order chi connectivity index (χ1) is 12.1. The molecule has 0 aromatic heterocycles. The second-order valence-corrected chi connectivity index (χ2v) is 6.21. The molecule has 1 atom stereocenters. The molecule has 1 heterocycles. The second-order valence-electron chi connectivity index (χ2n) is 6.21. The maximum absolute atomic E-state index is 12.2. The summed E-state index contributed by atoms with van der Waals surface area (Å²) in [6.45, 7) is 8.39. The average molecular weight is 349 g/mol. The average Bonchev–Trinajstić information content (AvgIpc) is 2.99. The zero-order valence-corrected chi connectivity index (χ0v) is 15.3. The van der Waals surface area contributed by atoms with Crippen LogP contribution in [0.4, 0.5) is 10.5 Å². The van der Waals surface area contributed by atoms with Crippen molar-refractivity contribution in [2.75, 3.05) is 44.7 Å². The summed E-state index contributed by atoms with van der Waals surface area (Å²) in [6, 6.07) is 6.98. The van der Waals surface area contributed by atoms with Crippen molar-refractivity contribution >= 4 is 17.6 Å². The standard InChI is InChI=1S/C18H28N4O3/c1-4-21(5-2)11-10-19-18(24)20-14-12-17(23)22(13-14)15-6-8-16(25-3)9-7-15/h6-9,14H,4-5,10-13H2,1-3H3,(H2,19,20,24)/p+1/t14-/m1/s1. The van der Waals surface area contributed by atoms with Crippen molar-refractivity contribution < 1.29 is 19.2 Å². The van der Waals surface area contributed by atoms with E-state index in [1.807, 2.05) is 24.3 Å². The first kappa shape index (κ1) is 19.1. The molecule has 3 amide bonds. The van der Waals surface area contributed by atoms with Crippen LogP contribution < -0.4 is 25.2 Å². The van der Waals surface area contributed by atoms with Gasteiger partial charge in [-0.25, -0.2) is 4.79 Å². The van der Waals surface area contributed by atoms with E-state index in [0.29, 0.717) is 19.5 Å². The Hall–Kier alpha value is -2.28. The van der Waals surface area contributed by atoms with Gasteiger partial charge in [-0.05, 0) is 38.1 Å². The highest BCUT2D eigenvalue weighted by Gasteiger charge is 2.31. The van der Waals surface area contributed by atoms with Gasteiger partial charge in [0.2, 0.25) is 5.91 Å². The Morgan fingerprint density at radius 2 is 1.96 bits per heavy atom. The molecule has 1 aliphatic rings. The molecule has 1 saturated heterocycles. The van der Waals surface area contributed by atoms with Crippen LogP contribution in [-0.2, 0) is 4.79 Å². The fourth-order valence-electron chi connectivity index (χ4n) is 3.01. The van der Waals surface area contributed by atoms with Crippen LogP contribution in [0.25, 0.3) is 0 Å². The van der Waals surface area contributed by atoms with Gasteiger partial charge in [0.1, 0.15) is 5.75 Å². The summed E-state index contributed by atoms with van der Waals surface area (Å²) in [6.07, 6.45) is 0.320. The van der Waals surface area contributed by atoms with Crippen LogP contribution in [0.2, 0.25) is 0 Å². The summed E-state index contributed by atoms with van der Waals surface area (Å²) in [4.78, 5) is 27.4. The van der Waals surface area contributed by atoms with E-state index < -0.39 is 0 Å². The number of nitrogens with one attached hydrogen (secondary N) is 3. The number of benzene rings is 1. The fraction of sp³-hybridized carbons (Fsp3) is 0.556. The third-order valence-corrected chi connectivity index (χ3v) is 4.61. The largest absolute Gasteiger partial charge is 0.497 e. The molecule has 0 saturated carbocycles. The number of hydrogen-bond donors (Lipinski definition) is 3. The Morgan fingerprint density at radius 1 is 1.28 bits per heavy atom. The lowest BCUT2D eigenvalue weighted by Gasteiger charge is -2.18. The van der Waals surface area contributed by atoms with Gasteiger partial charge in [-0.15, -0.1) is 0 Å². The maximum atomic E-state index is 12.2. The van der Waals surface area contributed by atoms with Crippen molar-refractivity contribution in [2.24, 2.45) is 0 Å². The number of amides is 3. The van der Waals surface area contributed by atoms with E-state index in [2.05, 4.69) is 24.5 Å². The highest BCUT2D eigenvalue weighted by molar-refractivity contribution is 5.96. The third-order valence-electron chi connectivity index (χ3n) is 4.61. The van der Waals surface area contributed by atoms with Crippen LogP contribution in [-0.4, -0.2) is 57.8 Å². The van der Waals surface area contributed by atoms with Crippen LogP contribution >= 0.6 is 0 Å². The predicted octanol–water partition coefficient (Wildman–Crippen LogP) is 0.0244. The molecule has 0 aliphatic carbocycles. The van der Waals surface area contributed by atoms with Gasteiger partial charge in [0.15, 0.2) is 0 Å². The number of anilines is 1. The molecule has 1 fully saturated rings. The SMILES string of the molecule is CC[NH+](CC)CCNC(=O)N[C@@H]1CC(=O)N(c2ccc(OC)cc2)C1. The number of rotatable bonds is 8. The van der Waals surface area contributed by atoms with Crippen LogP contribution in [0, 0.1) is 0 Å². The van der Waals surface area contributed by atoms with Crippen LogP contribution in [0.3, 0.4) is 0 Å². The Kier molecular flexibility index (Phi) is 7.06. The van der Waals surface area contributed by atoms with Gasteiger partial charge in [0.05, 0.1) is 39.3 Å². The molecule has 1 aromatic carbocycles. The molecular formula is C18H29N4O3+. The molecule has 1 aliphatic heterocycles. The molecule has 3 N–H and O–H groups in total. The van der Waals surface area contributed by atoms with E-state index in [1.165, 1.54) is 4.90 Å². The van der Waals surface area contributed by atoms with Crippen molar-refractivity contribution in [3.63, 3.8) is 0 Å². The molecular weight excluding hydrogens is 320 g/mol. The summed E-state index contributed by atoms with van der Waals surface area (Å²) >= 11 is 0. The van der Waals surface area contributed by atoms with E-state index in [0.717, 1.165) is 31.1 Å². The zero-order chi connectivity index (χ0) is 18.2. The van der Waals surface area contributed by atoms with E-state index >= 15 is 0 Å². The Balaban J connectivity index is 1.80. The topological polar surface area (TPSA) is 75.1 Å². The van der Waals surface area contributed by atoms with Gasteiger partial charge < -0.3 is 25.2 Å². The lowest BCUT2D eigenvalue weighted by molar-refractivity contribution is -0.895. The minimum absolute atomic E-state index is 0.0167. The Labute approximate surface area is 149 Å². The number of urea groups is 1. The van der Waals surface area contributed by atoms with Crippen molar-refractivity contribution in [1.29, 1.82) is 0 Å². The third kappa shape index (κ3) is 5.35. The van der Waals surface area contributed by atoms with Gasteiger partial charge >= 0.3 is 6.03 Å². The van der Waals surface area contributed by atoms with Gasteiger partial charge in [0.25, 0.3) is 0 Å². The Morgan fingerprint density at radius 3 is 2.56 bits per heavy atom. The molecule has 25 heavy (non-hydrogen) atoms. The number of carbonyl (C=O) groups excluding carboxylic acids is 2.